The molecule has 0 N–H and O–H groups in total. The minimum absolute atomic E-state index is 0.0767. The third-order valence-electron chi connectivity index (χ3n) is 1.46. The van der Waals surface area contributed by atoms with Crippen LogP contribution in [0, 0.1) is 11.3 Å². The van der Waals surface area contributed by atoms with E-state index in [-0.39, 0.29) is 5.78 Å². The van der Waals surface area contributed by atoms with Crippen molar-refractivity contribution in [1.29, 1.82) is 5.26 Å². The van der Waals surface area contributed by atoms with Gasteiger partial charge < -0.3 is 0 Å². The fraction of sp³-hybridized carbons (Fsp3) is 0.100. The molecule has 13 heavy (non-hydrogen) atoms. The third kappa shape index (κ3) is 2.53. The van der Waals surface area contributed by atoms with Crippen LogP contribution in [0.1, 0.15) is 23.1 Å². The molecule has 0 aliphatic heterocycles. The zero-order valence-corrected chi connectivity index (χ0v) is 7.19. The molecule has 3 heteroatoms. The molecule has 0 aliphatic carbocycles. The predicted octanol–water partition coefficient (Wildman–Crippen LogP) is 1.82. The molecular weight excluding hydrogens is 164 g/mol. The lowest BCUT2D eigenvalue weighted by molar-refractivity contribution is 0.101. The Morgan fingerprint density at radius 1 is 1.62 bits per heavy atom. The van der Waals surface area contributed by atoms with E-state index in [1.807, 2.05) is 6.07 Å². The SMILES string of the molecule is CC(=O)c1cccc(/C=C/C#N)n1. The molecule has 1 heterocycles. The second-order valence-corrected chi connectivity index (χ2v) is 2.47. The van der Waals surface area contributed by atoms with Crippen LogP contribution in [-0.2, 0) is 0 Å². The molecule has 0 saturated heterocycles. The number of ketones is 1. The molecule has 0 radical (unpaired) electrons. The van der Waals surface area contributed by atoms with Gasteiger partial charge in [-0.1, -0.05) is 6.07 Å². The van der Waals surface area contributed by atoms with Gasteiger partial charge in [0.1, 0.15) is 5.69 Å². The molecule has 1 rings (SSSR count). The number of pyridine rings is 1. The Morgan fingerprint density at radius 2 is 2.38 bits per heavy atom. The largest absolute Gasteiger partial charge is 0.293 e. The molecule has 0 saturated carbocycles. The molecule has 0 aliphatic rings. The van der Waals surface area contributed by atoms with Crippen LogP contribution in [0.3, 0.4) is 0 Å². The number of Topliss-reactive ketones (excluding diaryl/α,β-unsaturated/α-hetero) is 1. The summed E-state index contributed by atoms with van der Waals surface area (Å²) < 4.78 is 0. The van der Waals surface area contributed by atoms with E-state index in [1.54, 1.807) is 24.3 Å². The maximum atomic E-state index is 10.9. The van der Waals surface area contributed by atoms with Gasteiger partial charge >= 0.3 is 0 Å². The van der Waals surface area contributed by atoms with Crippen molar-refractivity contribution in [3.63, 3.8) is 0 Å². The van der Waals surface area contributed by atoms with Crippen molar-refractivity contribution in [3.05, 3.63) is 35.7 Å². The van der Waals surface area contributed by atoms with Gasteiger partial charge in [0, 0.05) is 13.0 Å². The number of hydrogen-bond acceptors (Lipinski definition) is 3. The average Bonchev–Trinajstić information content (AvgIpc) is 2.15. The highest BCUT2D eigenvalue weighted by Gasteiger charge is 1.99. The van der Waals surface area contributed by atoms with Gasteiger partial charge in [-0.2, -0.15) is 5.26 Å². The van der Waals surface area contributed by atoms with Crippen molar-refractivity contribution in [3.8, 4) is 6.07 Å². The molecule has 0 bridgehead atoms. The lowest BCUT2D eigenvalue weighted by Gasteiger charge is -1.95. The Kier molecular flexibility index (Phi) is 2.93. The maximum absolute atomic E-state index is 10.9. The second kappa shape index (κ2) is 4.17. The van der Waals surface area contributed by atoms with Crippen LogP contribution in [-0.4, -0.2) is 10.8 Å². The van der Waals surface area contributed by atoms with Gasteiger partial charge in [0.15, 0.2) is 5.78 Å². The van der Waals surface area contributed by atoms with Gasteiger partial charge in [0.25, 0.3) is 0 Å². The predicted molar refractivity (Wildman–Crippen MR) is 48.9 cm³/mol. The van der Waals surface area contributed by atoms with Crippen molar-refractivity contribution in [2.45, 2.75) is 6.92 Å². The number of hydrogen-bond donors (Lipinski definition) is 0. The number of allylic oxidation sites excluding steroid dienone is 1. The van der Waals surface area contributed by atoms with Crippen LogP contribution < -0.4 is 0 Å². The summed E-state index contributed by atoms with van der Waals surface area (Å²) in [5.74, 6) is -0.0767. The van der Waals surface area contributed by atoms with Gasteiger partial charge in [-0.3, -0.25) is 4.79 Å². The third-order valence-corrected chi connectivity index (χ3v) is 1.46. The van der Waals surface area contributed by atoms with Crippen molar-refractivity contribution in [2.75, 3.05) is 0 Å². The topological polar surface area (TPSA) is 53.8 Å². The first-order valence-corrected chi connectivity index (χ1v) is 3.78. The van der Waals surface area contributed by atoms with Gasteiger partial charge in [0.05, 0.1) is 11.8 Å². The maximum Gasteiger partial charge on any atom is 0.178 e. The van der Waals surface area contributed by atoms with Gasteiger partial charge in [0.2, 0.25) is 0 Å². The summed E-state index contributed by atoms with van der Waals surface area (Å²) in [6.45, 7) is 1.46. The quantitative estimate of drug-likeness (QED) is 0.505. The molecule has 0 amide bonds. The average molecular weight is 172 g/mol. The van der Waals surface area contributed by atoms with Crippen molar-refractivity contribution in [2.24, 2.45) is 0 Å². The van der Waals surface area contributed by atoms with E-state index in [4.69, 9.17) is 5.26 Å². The minimum Gasteiger partial charge on any atom is -0.293 e. The Morgan fingerprint density at radius 3 is 3.00 bits per heavy atom. The van der Waals surface area contributed by atoms with Crippen LogP contribution in [0.4, 0.5) is 0 Å². The standard InChI is InChI=1S/C10H8N2O/c1-8(13)10-6-2-4-9(12-10)5-3-7-11/h2-6H,1H3/b5-3+. The molecular formula is C10H8N2O. The van der Waals surface area contributed by atoms with Crippen LogP contribution in [0.15, 0.2) is 24.3 Å². The summed E-state index contributed by atoms with van der Waals surface area (Å²) in [6.07, 6.45) is 2.89. The summed E-state index contributed by atoms with van der Waals surface area (Å²) in [5, 5.41) is 8.27. The Balaban J connectivity index is 3.00. The van der Waals surface area contributed by atoms with Crippen LogP contribution in [0.2, 0.25) is 0 Å². The lowest BCUT2D eigenvalue weighted by atomic mass is 10.2. The Bertz CT molecular complexity index is 388. The number of carbonyl (C=O) groups is 1. The van der Waals surface area contributed by atoms with E-state index in [9.17, 15) is 4.79 Å². The molecule has 0 aromatic carbocycles. The highest BCUT2D eigenvalue weighted by atomic mass is 16.1. The highest BCUT2D eigenvalue weighted by molar-refractivity contribution is 5.92. The Hall–Kier alpha value is -1.95. The molecule has 3 nitrogen and oxygen atoms in total. The molecule has 0 fully saturated rings. The summed E-state index contributed by atoms with van der Waals surface area (Å²) in [6, 6.07) is 6.98. The summed E-state index contributed by atoms with van der Waals surface area (Å²) in [4.78, 5) is 14.9. The second-order valence-electron chi connectivity index (χ2n) is 2.47. The first-order chi connectivity index (χ1) is 6.24. The minimum atomic E-state index is -0.0767. The zero-order valence-electron chi connectivity index (χ0n) is 7.19. The first-order valence-electron chi connectivity index (χ1n) is 3.78. The molecule has 1 aromatic heterocycles. The summed E-state index contributed by atoms with van der Waals surface area (Å²) in [5.41, 5.74) is 1.04. The zero-order chi connectivity index (χ0) is 9.68. The normalized spacial score (nSPS) is 9.85. The fourth-order valence-corrected chi connectivity index (χ4v) is 0.863. The van der Waals surface area contributed by atoms with E-state index in [0.717, 1.165) is 0 Å². The van der Waals surface area contributed by atoms with E-state index in [0.29, 0.717) is 11.4 Å². The van der Waals surface area contributed by atoms with Gasteiger partial charge in [-0.25, -0.2) is 4.98 Å². The van der Waals surface area contributed by atoms with Crippen LogP contribution in [0.5, 0.6) is 0 Å². The van der Waals surface area contributed by atoms with E-state index >= 15 is 0 Å². The van der Waals surface area contributed by atoms with E-state index < -0.39 is 0 Å². The van der Waals surface area contributed by atoms with Crippen molar-refractivity contribution in [1.82, 2.24) is 4.98 Å². The lowest BCUT2D eigenvalue weighted by Crippen LogP contribution is -1.96. The van der Waals surface area contributed by atoms with Gasteiger partial charge in [-0.15, -0.1) is 0 Å². The first kappa shape index (κ1) is 9.14. The number of rotatable bonds is 2. The monoisotopic (exact) mass is 172 g/mol. The van der Waals surface area contributed by atoms with E-state index in [2.05, 4.69) is 4.98 Å². The fourth-order valence-electron chi connectivity index (χ4n) is 0.863. The number of aromatic nitrogens is 1. The van der Waals surface area contributed by atoms with Gasteiger partial charge in [-0.05, 0) is 18.2 Å². The van der Waals surface area contributed by atoms with Crippen LogP contribution in [0.25, 0.3) is 6.08 Å². The number of nitrogens with zero attached hydrogens (tertiary/aromatic N) is 2. The summed E-state index contributed by atoms with van der Waals surface area (Å²) in [7, 11) is 0. The van der Waals surface area contributed by atoms with Crippen LogP contribution >= 0.6 is 0 Å². The number of nitriles is 1. The molecule has 0 unspecified atom stereocenters. The molecule has 0 spiro atoms. The van der Waals surface area contributed by atoms with Crippen molar-refractivity contribution < 1.29 is 4.79 Å². The smallest absolute Gasteiger partial charge is 0.178 e. The van der Waals surface area contributed by atoms with E-state index in [1.165, 1.54) is 13.0 Å². The highest BCUT2D eigenvalue weighted by Crippen LogP contribution is 2.01. The van der Waals surface area contributed by atoms with Crippen molar-refractivity contribution >= 4 is 11.9 Å². The Labute approximate surface area is 76.3 Å². The molecule has 1 aromatic rings. The molecule has 64 valence electrons. The molecule has 0 atom stereocenters. The number of carbonyl (C=O) groups excluding carboxylic acids is 1. The summed E-state index contributed by atoms with van der Waals surface area (Å²) >= 11 is 0.